The van der Waals surface area contributed by atoms with Crippen LogP contribution in [-0.4, -0.2) is 16.9 Å². The van der Waals surface area contributed by atoms with Crippen LogP contribution < -0.4 is 0 Å². The Balaban J connectivity index is 1.67. The van der Waals surface area contributed by atoms with Crippen molar-refractivity contribution >= 4 is 11.8 Å². The molecule has 3 fully saturated rings. The van der Waals surface area contributed by atoms with Crippen LogP contribution in [0, 0.1) is 34.5 Å². The van der Waals surface area contributed by atoms with Gasteiger partial charge >= 0.3 is 5.97 Å². The van der Waals surface area contributed by atoms with Crippen molar-refractivity contribution in [2.75, 3.05) is 0 Å². The number of rotatable bonds is 2. The van der Waals surface area contributed by atoms with Gasteiger partial charge in [0.1, 0.15) is 0 Å². The molecule has 0 saturated heterocycles. The summed E-state index contributed by atoms with van der Waals surface area (Å²) in [5.74, 6) is 0.969. The maximum absolute atomic E-state index is 13.0. The second kappa shape index (κ2) is 5.44. The van der Waals surface area contributed by atoms with Gasteiger partial charge in [0.2, 0.25) is 0 Å². The highest BCUT2D eigenvalue weighted by molar-refractivity contribution is 5.94. The van der Waals surface area contributed by atoms with E-state index >= 15 is 0 Å². The summed E-state index contributed by atoms with van der Waals surface area (Å²) in [6, 6.07) is 0. The molecule has 0 bridgehead atoms. The highest BCUT2D eigenvalue weighted by Gasteiger charge is 2.59. The van der Waals surface area contributed by atoms with Gasteiger partial charge < -0.3 is 5.11 Å². The monoisotopic (exact) mass is 330 g/mol. The first kappa shape index (κ1) is 16.4. The van der Waals surface area contributed by atoms with Crippen LogP contribution in [0.25, 0.3) is 0 Å². The van der Waals surface area contributed by atoms with E-state index < -0.39 is 5.97 Å². The molecular weight excluding hydrogens is 300 g/mol. The molecule has 0 aromatic rings. The van der Waals surface area contributed by atoms with Crippen molar-refractivity contribution in [1.29, 1.82) is 0 Å². The zero-order valence-electron chi connectivity index (χ0n) is 15.0. The first-order valence-electron chi connectivity index (χ1n) is 9.80. The first-order valence-corrected chi connectivity index (χ1v) is 9.80. The molecule has 132 valence electrons. The Hall–Kier alpha value is -1.12. The highest BCUT2D eigenvalue weighted by atomic mass is 16.4. The number of allylic oxidation sites excluding steroid dienone is 2. The first-order chi connectivity index (χ1) is 11.3. The number of carbonyl (C=O) groups excluding carboxylic acids is 1. The average molecular weight is 330 g/mol. The molecule has 24 heavy (non-hydrogen) atoms. The quantitative estimate of drug-likeness (QED) is 0.804. The summed E-state index contributed by atoms with van der Waals surface area (Å²) >= 11 is 0. The summed E-state index contributed by atoms with van der Waals surface area (Å²) in [7, 11) is 0. The molecule has 0 radical (unpaired) electrons. The second-order valence-corrected chi connectivity index (χ2v) is 9.53. The van der Waals surface area contributed by atoms with Crippen molar-refractivity contribution in [2.45, 2.75) is 71.6 Å². The fourth-order valence-corrected chi connectivity index (χ4v) is 7.05. The standard InChI is InChI=1S/C21H30O3/c1-20-8-6-15-19(16(20)9-13(12-20)10-18(23)24)17(22)11-14-5-3-4-7-21(14,15)2/h11,13,15-16,19H,3-10,12H2,1-2H3,(H,23,24)/t13?,15?,16?,19?,20-,21+/m1/s1. The largest absolute Gasteiger partial charge is 0.481 e. The minimum atomic E-state index is -0.685. The Morgan fingerprint density at radius 3 is 2.79 bits per heavy atom. The van der Waals surface area contributed by atoms with E-state index in [2.05, 4.69) is 13.8 Å². The number of ketones is 1. The van der Waals surface area contributed by atoms with Gasteiger partial charge in [-0.15, -0.1) is 0 Å². The normalized spacial score (nSPS) is 47.4. The summed E-state index contributed by atoms with van der Waals surface area (Å²) < 4.78 is 0. The minimum absolute atomic E-state index is 0.148. The molecule has 3 nitrogen and oxygen atoms in total. The van der Waals surface area contributed by atoms with Crippen molar-refractivity contribution in [2.24, 2.45) is 34.5 Å². The van der Waals surface area contributed by atoms with Gasteiger partial charge in [0.05, 0.1) is 0 Å². The molecule has 0 spiro atoms. The molecule has 3 heteroatoms. The van der Waals surface area contributed by atoms with E-state index in [4.69, 9.17) is 0 Å². The lowest BCUT2D eigenvalue weighted by Crippen LogP contribution is -2.51. The van der Waals surface area contributed by atoms with Crippen LogP contribution in [0.1, 0.15) is 71.6 Å². The zero-order chi connectivity index (χ0) is 17.1. The Morgan fingerprint density at radius 1 is 1.25 bits per heavy atom. The molecule has 4 rings (SSSR count). The van der Waals surface area contributed by atoms with E-state index in [9.17, 15) is 14.7 Å². The van der Waals surface area contributed by atoms with Crippen LogP contribution in [0.5, 0.6) is 0 Å². The number of carboxylic acids is 1. The van der Waals surface area contributed by atoms with Gasteiger partial charge in [0.15, 0.2) is 5.78 Å². The summed E-state index contributed by atoms with van der Waals surface area (Å²) in [5.41, 5.74) is 1.82. The summed E-state index contributed by atoms with van der Waals surface area (Å²) in [4.78, 5) is 24.2. The third kappa shape index (κ3) is 2.30. The van der Waals surface area contributed by atoms with Gasteiger partial charge in [0.25, 0.3) is 0 Å². The molecule has 0 heterocycles. The molecule has 3 saturated carbocycles. The number of hydrogen-bond donors (Lipinski definition) is 1. The van der Waals surface area contributed by atoms with E-state index in [1.54, 1.807) is 0 Å². The van der Waals surface area contributed by atoms with E-state index in [1.165, 1.54) is 31.3 Å². The van der Waals surface area contributed by atoms with Gasteiger partial charge in [-0.25, -0.2) is 0 Å². The van der Waals surface area contributed by atoms with Crippen molar-refractivity contribution in [1.82, 2.24) is 0 Å². The van der Waals surface area contributed by atoms with Crippen LogP contribution in [0.15, 0.2) is 11.6 Å². The molecule has 4 aliphatic rings. The van der Waals surface area contributed by atoms with Gasteiger partial charge in [0, 0.05) is 12.3 Å². The van der Waals surface area contributed by atoms with Crippen molar-refractivity contribution in [3.63, 3.8) is 0 Å². The highest BCUT2D eigenvalue weighted by Crippen LogP contribution is 2.65. The number of carboxylic acid groups (broad SMARTS) is 1. The molecule has 0 aliphatic heterocycles. The maximum Gasteiger partial charge on any atom is 0.303 e. The lowest BCUT2D eigenvalue weighted by molar-refractivity contribution is -0.138. The molecule has 4 aliphatic carbocycles. The van der Waals surface area contributed by atoms with E-state index in [1.807, 2.05) is 6.08 Å². The summed E-state index contributed by atoms with van der Waals surface area (Å²) in [5, 5.41) is 9.19. The molecule has 4 unspecified atom stereocenters. The fraction of sp³-hybridized carbons (Fsp3) is 0.810. The van der Waals surface area contributed by atoms with Crippen LogP contribution in [0.3, 0.4) is 0 Å². The van der Waals surface area contributed by atoms with E-state index in [-0.39, 0.29) is 29.1 Å². The SMILES string of the molecule is C[C@]12CCC3C(C(=O)C=C4CCCC[C@@]43C)C1CC(CC(=O)O)C2. The molecule has 1 N–H and O–H groups in total. The molecular formula is C21H30O3. The Kier molecular flexibility index (Phi) is 3.71. The molecule has 0 amide bonds. The molecule has 0 aromatic heterocycles. The van der Waals surface area contributed by atoms with Crippen molar-refractivity contribution < 1.29 is 14.7 Å². The number of fused-ring (bicyclic) bond motifs is 5. The zero-order valence-corrected chi connectivity index (χ0v) is 15.0. The molecule has 0 aromatic carbocycles. The number of aliphatic carboxylic acids is 1. The Labute approximate surface area is 144 Å². The fourth-order valence-electron chi connectivity index (χ4n) is 7.05. The topological polar surface area (TPSA) is 54.4 Å². The van der Waals surface area contributed by atoms with Gasteiger partial charge in [-0.05, 0) is 79.6 Å². The van der Waals surface area contributed by atoms with Crippen LogP contribution in [0.2, 0.25) is 0 Å². The third-order valence-corrected chi connectivity index (χ3v) is 8.18. The number of carbonyl (C=O) groups is 2. The Bertz CT molecular complexity index is 606. The second-order valence-electron chi connectivity index (χ2n) is 9.53. The van der Waals surface area contributed by atoms with Gasteiger partial charge in [-0.1, -0.05) is 25.8 Å². The van der Waals surface area contributed by atoms with Crippen LogP contribution in [-0.2, 0) is 9.59 Å². The average Bonchev–Trinajstić information content (AvgIpc) is 2.83. The minimum Gasteiger partial charge on any atom is -0.481 e. The predicted octanol–water partition coefficient (Wildman–Crippen LogP) is 4.61. The van der Waals surface area contributed by atoms with Crippen molar-refractivity contribution in [3.05, 3.63) is 11.6 Å². The maximum atomic E-state index is 13.0. The van der Waals surface area contributed by atoms with Crippen molar-refractivity contribution in [3.8, 4) is 0 Å². The lowest BCUT2D eigenvalue weighted by Gasteiger charge is -2.55. The van der Waals surface area contributed by atoms with E-state index in [0.717, 1.165) is 25.7 Å². The smallest absolute Gasteiger partial charge is 0.303 e. The van der Waals surface area contributed by atoms with Gasteiger partial charge in [-0.2, -0.15) is 0 Å². The predicted molar refractivity (Wildman–Crippen MR) is 92.5 cm³/mol. The Morgan fingerprint density at radius 2 is 2.04 bits per heavy atom. The lowest BCUT2D eigenvalue weighted by atomic mass is 9.48. The summed E-state index contributed by atoms with van der Waals surface area (Å²) in [6.45, 7) is 4.74. The van der Waals surface area contributed by atoms with Gasteiger partial charge in [-0.3, -0.25) is 9.59 Å². The van der Waals surface area contributed by atoms with E-state index in [0.29, 0.717) is 17.6 Å². The van der Waals surface area contributed by atoms with Crippen LogP contribution in [0.4, 0.5) is 0 Å². The molecule has 6 atom stereocenters. The summed E-state index contributed by atoms with van der Waals surface area (Å²) in [6.07, 6.45) is 11.4. The third-order valence-electron chi connectivity index (χ3n) is 8.18. The number of hydrogen-bond acceptors (Lipinski definition) is 2. The van der Waals surface area contributed by atoms with Crippen LogP contribution >= 0.6 is 0 Å².